The fourth-order valence-corrected chi connectivity index (χ4v) is 5.08. The van der Waals surface area contributed by atoms with E-state index in [1.165, 1.54) is 21.4 Å². The van der Waals surface area contributed by atoms with E-state index < -0.39 is 0 Å². The van der Waals surface area contributed by atoms with Crippen molar-refractivity contribution in [2.45, 2.75) is 26.3 Å². The van der Waals surface area contributed by atoms with E-state index in [4.69, 9.17) is 4.98 Å². The Kier molecular flexibility index (Phi) is 4.21. The summed E-state index contributed by atoms with van der Waals surface area (Å²) in [5.41, 5.74) is 2.73. The van der Waals surface area contributed by atoms with Gasteiger partial charge in [-0.25, -0.2) is 0 Å². The minimum Gasteiger partial charge on any atom is -0.369 e. The van der Waals surface area contributed by atoms with Gasteiger partial charge in [0.15, 0.2) is 0 Å². The molecule has 4 heterocycles. The van der Waals surface area contributed by atoms with Crippen molar-refractivity contribution in [1.29, 1.82) is 0 Å². The molecular weight excluding hydrogens is 358 g/mol. The normalized spacial score (nSPS) is 14.7. The van der Waals surface area contributed by atoms with Gasteiger partial charge >= 0.3 is 0 Å². The van der Waals surface area contributed by atoms with Crippen molar-refractivity contribution in [1.82, 2.24) is 29.9 Å². The Balaban J connectivity index is 1.53. The van der Waals surface area contributed by atoms with E-state index in [0.717, 1.165) is 49.7 Å². The minimum atomic E-state index is 0.552. The van der Waals surface area contributed by atoms with Crippen molar-refractivity contribution < 1.29 is 0 Å². The molecule has 0 saturated heterocycles. The van der Waals surface area contributed by atoms with Crippen LogP contribution in [0.25, 0.3) is 16.0 Å². The molecular formula is C19H21N7S. The van der Waals surface area contributed by atoms with Crippen molar-refractivity contribution >= 4 is 33.1 Å². The van der Waals surface area contributed by atoms with Crippen LogP contribution in [-0.2, 0) is 19.4 Å². The van der Waals surface area contributed by atoms with Gasteiger partial charge in [0.1, 0.15) is 10.6 Å². The van der Waals surface area contributed by atoms with E-state index in [2.05, 4.69) is 56.9 Å². The highest BCUT2D eigenvalue weighted by atomic mass is 32.1. The molecule has 4 aromatic rings. The first kappa shape index (κ1) is 16.6. The second-order valence-corrected chi connectivity index (χ2v) is 7.90. The van der Waals surface area contributed by atoms with Crippen molar-refractivity contribution in [2.75, 3.05) is 25.0 Å². The van der Waals surface area contributed by atoms with Gasteiger partial charge in [-0.2, -0.15) is 9.50 Å². The number of nitrogens with zero attached hydrogens (tertiary/aromatic N) is 6. The summed E-state index contributed by atoms with van der Waals surface area (Å²) in [6.45, 7) is 6.21. The monoisotopic (exact) mass is 379 g/mol. The van der Waals surface area contributed by atoms with E-state index >= 15 is 0 Å². The average molecular weight is 379 g/mol. The van der Waals surface area contributed by atoms with Gasteiger partial charge in [0.2, 0.25) is 0 Å². The number of anilines is 1. The summed E-state index contributed by atoms with van der Waals surface area (Å²) in [4.78, 5) is 9.70. The molecule has 1 aromatic carbocycles. The molecule has 27 heavy (non-hydrogen) atoms. The Bertz CT molecular complexity index is 1090. The average Bonchev–Trinajstić information content (AvgIpc) is 3.32. The molecule has 0 amide bonds. The lowest BCUT2D eigenvalue weighted by molar-refractivity contribution is 0.272. The number of aromatic nitrogens is 5. The SMILES string of the molecule is CCN1CCc2c(sc3c2c(NCCc2ccccc2)nc2nnnn23)C1. The lowest BCUT2D eigenvalue weighted by atomic mass is 10.0. The molecule has 1 aliphatic heterocycles. The minimum absolute atomic E-state index is 0.552. The second kappa shape index (κ2) is 6.86. The summed E-state index contributed by atoms with van der Waals surface area (Å²) in [6, 6.07) is 10.5. The number of benzene rings is 1. The van der Waals surface area contributed by atoms with Crippen LogP contribution in [-0.4, -0.2) is 49.6 Å². The highest BCUT2D eigenvalue weighted by Gasteiger charge is 2.25. The van der Waals surface area contributed by atoms with Gasteiger partial charge in [-0.15, -0.1) is 11.3 Å². The van der Waals surface area contributed by atoms with Gasteiger partial charge in [-0.05, 0) is 40.9 Å². The number of thiophene rings is 1. The molecule has 1 N–H and O–H groups in total. The zero-order chi connectivity index (χ0) is 18.2. The first-order valence-electron chi connectivity index (χ1n) is 9.36. The first-order valence-corrected chi connectivity index (χ1v) is 10.2. The smallest absolute Gasteiger partial charge is 0.276 e. The van der Waals surface area contributed by atoms with Gasteiger partial charge in [-0.3, -0.25) is 4.90 Å². The molecule has 138 valence electrons. The van der Waals surface area contributed by atoms with E-state index in [1.54, 1.807) is 15.9 Å². The Morgan fingerprint density at radius 2 is 2.11 bits per heavy atom. The van der Waals surface area contributed by atoms with Crippen molar-refractivity contribution in [3.63, 3.8) is 0 Å². The molecule has 1 aliphatic rings. The molecule has 8 heteroatoms. The fraction of sp³-hybridized carbons (Fsp3) is 0.368. The number of hydrogen-bond acceptors (Lipinski definition) is 7. The molecule has 7 nitrogen and oxygen atoms in total. The number of rotatable bonds is 5. The van der Waals surface area contributed by atoms with Crippen LogP contribution in [0.2, 0.25) is 0 Å². The molecule has 0 saturated carbocycles. The molecule has 0 bridgehead atoms. The van der Waals surface area contributed by atoms with Crippen molar-refractivity contribution in [2.24, 2.45) is 0 Å². The standard InChI is InChI=1S/C19H21N7S/c1-2-25-11-9-14-15(12-25)27-18-16(14)17(21-19-22-23-24-26(18)19)20-10-8-13-6-4-3-5-7-13/h3-7H,2,8-12H2,1H3,(H,20,21,22,24). The largest absolute Gasteiger partial charge is 0.369 e. The van der Waals surface area contributed by atoms with Crippen molar-refractivity contribution in [3.8, 4) is 0 Å². The topological polar surface area (TPSA) is 71.2 Å². The maximum Gasteiger partial charge on any atom is 0.276 e. The Hall–Kier alpha value is -2.58. The van der Waals surface area contributed by atoms with Crippen LogP contribution in [0.1, 0.15) is 22.9 Å². The highest BCUT2D eigenvalue weighted by molar-refractivity contribution is 7.19. The first-order chi connectivity index (χ1) is 13.3. The molecule has 0 radical (unpaired) electrons. The van der Waals surface area contributed by atoms with Crippen LogP contribution < -0.4 is 5.32 Å². The summed E-state index contributed by atoms with van der Waals surface area (Å²) in [5, 5.41) is 16.8. The van der Waals surface area contributed by atoms with E-state index in [-0.39, 0.29) is 0 Å². The third-order valence-electron chi connectivity index (χ3n) is 5.21. The van der Waals surface area contributed by atoms with Gasteiger partial charge in [0, 0.05) is 24.5 Å². The molecule has 0 atom stereocenters. The van der Waals surface area contributed by atoms with Gasteiger partial charge in [0.05, 0.1) is 5.39 Å². The molecule has 0 aliphatic carbocycles. The molecule has 5 rings (SSSR count). The Morgan fingerprint density at radius 3 is 2.96 bits per heavy atom. The van der Waals surface area contributed by atoms with Gasteiger partial charge in [0.25, 0.3) is 5.78 Å². The lowest BCUT2D eigenvalue weighted by Crippen LogP contribution is -2.29. The van der Waals surface area contributed by atoms with Crippen LogP contribution in [0.4, 0.5) is 5.82 Å². The highest BCUT2D eigenvalue weighted by Crippen LogP contribution is 2.38. The maximum atomic E-state index is 4.72. The number of fused-ring (bicyclic) bond motifs is 5. The fourth-order valence-electron chi connectivity index (χ4n) is 3.74. The van der Waals surface area contributed by atoms with E-state index in [0.29, 0.717) is 5.78 Å². The van der Waals surface area contributed by atoms with Crippen LogP contribution in [0, 0.1) is 0 Å². The van der Waals surface area contributed by atoms with E-state index in [1.807, 2.05) is 6.07 Å². The third-order valence-corrected chi connectivity index (χ3v) is 6.40. The van der Waals surface area contributed by atoms with Crippen LogP contribution in [0.5, 0.6) is 0 Å². The predicted octanol–water partition coefficient (Wildman–Crippen LogP) is 2.77. The number of nitrogens with one attached hydrogen (secondary N) is 1. The molecule has 0 unspecified atom stereocenters. The molecule has 0 fully saturated rings. The van der Waals surface area contributed by atoms with Crippen LogP contribution in [0.15, 0.2) is 30.3 Å². The zero-order valence-electron chi connectivity index (χ0n) is 15.2. The maximum absolute atomic E-state index is 4.72. The Labute approximate surface area is 161 Å². The van der Waals surface area contributed by atoms with Gasteiger partial charge < -0.3 is 5.32 Å². The molecule has 3 aromatic heterocycles. The van der Waals surface area contributed by atoms with Crippen LogP contribution in [0.3, 0.4) is 0 Å². The summed E-state index contributed by atoms with van der Waals surface area (Å²) >= 11 is 1.80. The van der Waals surface area contributed by atoms with E-state index in [9.17, 15) is 0 Å². The van der Waals surface area contributed by atoms with Crippen molar-refractivity contribution in [3.05, 3.63) is 46.3 Å². The quantitative estimate of drug-likeness (QED) is 0.575. The Morgan fingerprint density at radius 1 is 1.22 bits per heavy atom. The third kappa shape index (κ3) is 2.94. The lowest BCUT2D eigenvalue weighted by Gasteiger charge is -2.25. The number of likely N-dealkylation sites (N-methyl/N-ethyl adjacent to an activating group) is 1. The molecule has 0 spiro atoms. The predicted molar refractivity (Wildman–Crippen MR) is 107 cm³/mol. The zero-order valence-corrected chi connectivity index (χ0v) is 16.0. The van der Waals surface area contributed by atoms with Gasteiger partial charge in [-0.1, -0.05) is 42.4 Å². The summed E-state index contributed by atoms with van der Waals surface area (Å²) in [6.07, 6.45) is 2.00. The van der Waals surface area contributed by atoms with Crippen LogP contribution >= 0.6 is 11.3 Å². The summed E-state index contributed by atoms with van der Waals surface area (Å²) in [7, 11) is 0. The number of tetrazole rings is 1. The summed E-state index contributed by atoms with van der Waals surface area (Å²) in [5.74, 6) is 1.46. The second-order valence-electron chi connectivity index (χ2n) is 6.82. The number of hydrogen-bond donors (Lipinski definition) is 1. The summed E-state index contributed by atoms with van der Waals surface area (Å²) < 4.78 is 1.77.